The summed E-state index contributed by atoms with van der Waals surface area (Å²) in [7, 11) is -3.44. The number of pyridine rings is 1. The van der Waals surface area contributed by atoms with Crippen LogP contribution in [0, 0.1) is 6.92 Å². The van der Waals surface area contributed by atoms with E-state index in [4.69, 9.17) is 5.73 Å². The normalized spacial score (nSPS) is 11.1. The Hall–Kier alpha value is -2.41. The van der Waals surface area contributed by atoms with Gasteiger partial charge in [0.1, 0.15) is 5.82 Å². The molecule has 7 heteroatoms. The Morgan fingerprint density at radius 2 is 1.95 bits per heavy atom. The van der Waals surface area contributed by atoms with Crippen LogP contribution >= 0.6 is 0 Å². The van der Waals surface area contributed by atoms with E-state index in [1.165, 1.54) is 18.2 Å². The van der Waals surface area contributed by atoms with E-state index >= 15 is 0 Å². The summed E-state index contributed by atoms with van der Waals surface area (Å²) in [6.07, 6.45) is 1.06. The van der Waals surface area contributed by atoms with Gasteiger partial charge in [-0.15, -0.1) is 0 Å². The molecule has 0 saturated carbocycles. The minimum Gasteiger partial charge on any atom is -0.399 e. The first kappa shape index (κ1) is 15.0. The fraction of sp³-hybridized carbons (Fsp3) is 0.143. The number of benzene rings is 1. The maximum absolute atomic E-state index is 12.2. The molecule has 1 heterocycles. The third kappa shape index (κ3) is 3.79. The van der Waals surface area contributed by atoms with Crippen LogP contribution in [-0.4, -0.2) is 25.6 Å². The molecule has 110 valence electrons. The fourth-order valence-electron chi connectivity index (χ4n) is 1.77. The summed E-state index contributed by atoms with van der Waals surface area (Å²) in [5.74, 6) is -0.0753. The van der Waals surface area contributed by atoms with E-state index in [-0.39, 0.29) is 16.1 Å². The Kier molecular flexibility index (Phi) is 3.95. The van der Waals surface area contributed by atoms with Crippen molar-refractivity contribution in [1.82, 2.24) is 4.98 Å². The van der Waals surface area contributed by atoms with Gasteiger partial charge < -0.3 is 11.1 Å². The quantitative estimate of drug-likeness (QED) is 0.839. The lowest BCUT2D eigenvalue weighted by molar-refractivity contribution is 0.102. The maximum Gasteiger partial charge on any atom is 0.256 e. The van der Waals surface area contributed by atoms with E-state index in [1.807, 2.05) is 0 Å². The minimum absolute atomic E-state index is 0.00449. The predicted octanol–water partition coefficient (Wildman–Crippen LogP) is 1.63. The van der Waals surface area contributed by atoms with Crippen LogP contribution in [-0.2, 0) is 9.84 Å². The van der Waals surface area contributed by atoms with Gasteiger partial charge in [0, 0.05) is 23.2 Å². The van der Waals surface area contributed by atoms with Gasteiger partial charge in [0.2, 0.25) is 0 Å². The summed E-state index contributed by atoms with van der Waals surface area (Å²) in [4.78, 5) is 16.3. The Bertz CT molecular complexity index is 801. The number of amides is 1. The molecule has 0 atom stereocenters. The average molecular weight is 305 g/mol. The number of nitrogen functional groups attached to an aromatic ring is 1. The highest BCUT2D eigenvalue weighted by Gasteiger charge is 2.14. The molecular weight excluding hydrogens is 290 g/mol. The van der Waals surface area contributed by atoms with Crippen LogP contribution in [0.25, 0.3) is 0 Å². The smallest absolute Gasteiger partial charge is 0.256 e. The highest BCUT2D eigenvalue weighted by molar-refractivity contribution is 7.90. The molecule has 1 aromatic carbocycles. The van der Waals surface area contributed by atoms with Crippen molar-refractivity contribution in [1.29, 1.82) is 0 Å². The Labute approximate surface area is 122 Å². The summed E-state index contributed by atoms with van der Waals surface area (Å²) in [6.45, 7) is 1.80. The van der Waals surface area contributed by atoms with Crippen LogP contribution in [0.2, 0.25) is 0 Å². The van der Waals surface area contributed by atoms with Crippen molar-refractivity contribution in [2.45, 2.75) is 11.8 Å². The number of nitrogens with one attached hydrogen (secondary N) is 1. The van der Waals surface area contributed by atoms with E-state index in [2.05, 4.69) is 10.3 Å². The molecule has 2 aromatic rings. The second-order valence-electron chi connectivity index (χ2n) is 4.68. The number of hydrogen-bond donors (Lipinski definition) is 2. The molecule has 0 aliphatic rings. The lowest BCUT2D eigenvalue weighted by Gasteiger charge is -2.08. The highest BCUT2D eigenvalue weighted by Crippen LogP contribution is 2.18. The molecule has 21 heavy (non-hydrogen) atoms. The number of carbonyl (C=O) groups excluding carboxylic acids is 1. The number of anilines is 2. The largest absolute Gasteiger partial charge is 0.399 e. The summed E-state index contributed by atoms with van der Waals surface area (Å²) < 4.78 is 23.1. The van der Waals surface area contributed by atoms with E-state index in [0.717, 1.165) is 11.9 Å². The van der Waals surface area contributed by atoms with Crippen molar-refractivity contribution in [2.24, 2.45) is 0 Å². The third-order valence-electron chi connectivity index (χ3n) is 2.75. The molecule has 1 amide bonds. The second-order valence-corrected chi connectivity index (χ2v) is 6.70. The van der Waals surface area contributed by atoms with Crippen molar-refractivity contribution >= 4 is 27.2 Å². The van der Waals surface area contributed by atoms with Gasteiger partial charge in [-0.1, -0.05) is 6.07 Å². The summed E-state index contributed by atoms with van der Waals surface area (Å²) in [6, 6.07) is 9.24. The topological polar surface area (TPSA) is 102 Å². The van der Waals surface area contributed by atoms with Crippen LogP contribution in [0.3, 0.4) is 0 Å². The summed E-state index contributed by atoms with van der Waals surface area (Å²) in [5.41, 5.74) is 6.79. The van der Waals surface area contributed by atoms with Crippen LogP contribution < -0.4 is 11.1 Å². The van der Waals surface area contributed by atoms with E-state index in [0.29, 0.717) is 5.82 Å². The number of aromatic nitrogens is 1. The van der Waals surface area contributed by atoms with Crippen LogP contribution in [0.15, 0.2) is 41.3 Å². The lowest BCUT2D eigenvalue weighted by atomic mass is 10.2. The molecular formula is C14H15N3O3S. The Morgan fingerprint density at radius 3 is 2.57 bits per heavy atom. The highest BCUT2D eigenvalue weighted by atomic mass is 32.2. The number of aryl methyl sites for hydroxylation is 1. The van der Waals surface area contributed by atoms with Gasteiger partial charge >= 0.3 is 0 Å². The first-order chi connectivity index (χ1) is 9.75. The lowest BCUT2D eigenvalue weighted by Crippen LogP contribution is -2.14. The van der Waals surface area contributed by atoms with Crippen molar-refractivity contribution in [3.63, 3.8) is 0 Å². The monoisotopic (exact) mass is 305 g/mol. The van der Waals surface area contributed by atoms with Crippen LogP contribution in [0.5, 0.6) is 0 Å². The van der Waals surface area contributed by atoms with Crippen molar-refractivity contribution < 1.29 is 13.2 Å². The molecule has 0 radical (unpaired) electrons. The number of rotatable bonds is 3. The van der Waals surface area contributed by atoms with Gasteiger partial charge in [-0.2, -0.15) is 0 Å². The zero-order valence-corrected chi connectivity index (χ0v) is 12.4. The number of carbonyl (C=O) groups is 1. The van der Waals surface area contributed by atoms with Crippen molar-refractivity contribution in [2.75, 3.05) is 17.3 Å². The first-order valence-electron chi connectivity index (χ1n) is 6.11. The standard InChI is InChI=1S/C14H15N3O3S/c1-9-4-3-5-13(16-9)17-14(18)10-6-11(15)8-12(7-10)21(2,19)20/h3-8H,15H2,1-2H3,(H,16,17,18). The van der Waals surface area contributed by atoms with Gasteiger partial charge in [0.05, 0.1) is 4.90 Å². The van der Waals surface area contributed by atoms with E-state index < -0.39 is 15.7 Å². The summed E-state index contributed by atoms with van der Waals surface area (Å²) in [5, 5.41) is 2.60. The molecule has 0 spiro atoms. The van der Waals surface area contributed by atoms with Gasteiger partial charge in [-0.25, -0.2) is 13.4 Å². The molecule has 2 rings (SSSR count). The minimum atomic E-state index is -3.44. The van der Waals surface area contributed by atoms with Crippen LogP contribution in [0.4, 0.5) is 11.5 Å². The molecule has 6 nitrogen and oxygen atoms in total. The number of nitrogens with zero attached hydrogens (tertiary/aromatic N) is 1. The third-order valence-corrected chi connectivity index (χ3v) is 3.84. The number of nitrogens with two attached hydrogens (primary N) is 1. The van der Waals surface area contributed by atoms with Gasteiger partial charge in [0.25, 0.3) is 5.91 Å². The van der Waals surface area contributed by atoms with E-state index in [1.54, 1.807) is 25.1 Å². The van der Waals surface area contributed by atoms with Crippen LogP contribution in [0.1, 0.15) is 16.1 Å². The zero-order chi connectivity index (χ0) is 15.6. The van der Waals surface area contributed by atoms with Gasteiger partial charge in [-0.05, 0) is 37.3 Å². The van der Waals surface area contributed by atoms with Crippen molar-refractivity contribution in [3.05, 3.63) is 47.7 Å². The SMILES string of the molecule is Cc1cccc(NC(=O)c2cc(N)cc(S(C)(=O)=O)c2)n1. The molecule has 0 bridgehead atoms. The number of sulfone groups is 1. The molecule has 0 saturated heterocycles. The summed E-state index contributed by atoms with van der Waals surface area (Å²) >= 11 is 0. The fourth-order valence-corrected chi connectivity index (χ4v) is 2.46. The Morgan fingerprint density at radius 1 is 1.24 bits per heavy atom. The second kappa shape index (κ2) is 5.53. The van der Waals surface area contributed by atoms with E-state index in [9.17, 15) is 13.2 Å². The molecule has 3 N–H and O–H groups in total. The van der Waals surface area contributed by atoms with Gasteiger partial charge in [-0.3, -0.25) is 4.79 Å². The predicted molar refractivity (Wildman–Crippen MR) is 80.9 cm³/mol. The molecule has 0 aliphatic carbocycles. The van der Waals surface area contributed by atoms with Gasteiger partial charge in [0.15, 0.2) is 9.84 Å². The average Bonchev–Trinajstić information content (AvgIpc) is 2.37. The number of hydrogen-bond acceptors (Lipinski definition) is 5. The van der Waals surface area contributed by atoms with Crippen molar-refractivity contribution in [3.8, 4) is 0 Å². The Balaban J connectivity index is 2.33. The maximum atomic E-state index is 12.2. The first-order valence-corrected chi connectivity index (χ1v) is 8.00. The molecule has 0 fully saturated rings. The molecule has 0 unspecified atom stereocenters. The molecule has 0 aliphatic heterocycles. The zero-order valence-electron chi connectivity index (χ0n) is 11.6. The molecule has 1 aromatic heterocycles.